The second-order valence-corrected chi connectivity index (χ2v) is 8.99. The Morgan fingerprint density at radius 1 is 1.11 bits per heavy atom. The molecule has 36 heavy (non-hydrogen) atoms. The molecule has 0 spiro atoms. The average Bonchev–Trinajstić information content (AvgIpc) is 3.09. The van der Waals surface area contributed by atoms with Crippen molar-refractivity contribution in [2.75, 3.05) is 34.0 Å². The summed E-state index contributed by atoms with van der Waals surface area (Å²) in [5.41, 5.74) is 0.500. The van der Waals surface area contributed by atoms with Gasteiger partial charge in [0.05, 0.1) is 55.7 Å². The normalized spacial score (nSPS) is 17.1. The summed E-state index contributed by atoms with van der Waals surface area (Å²) in [5.74, 6) is -1.33. The molecule has 2 aromatic carbocycles. The number of methoxy groups -OCH3 is 2. The highest BCUT2D eigenvalue weighted by molar-refractivity contribution is 6.47. The highest BCUT2D eigenvalue weighted by Gasteiger charge is 2.46. The van der Waals surface area contributed by atoms with Gasteiger partial charge in [0.25, 0.3) is 11.7 Å². The van der Waals surface area contributed by atoms with Crippen LogP contribution in [0, 0.1) is 0 Å². The average molecular weight is 538 g/mol. The molecule has 1 saturated heterocycles. The number of benzene rings is 2. The smallest absolute Gasteiger partial charge is 0.295 e. The maximum atomic E-state index is 13.3. The van der Waals surface area contributed by atoms with E-state index in [1.165, 1.54) is 25.2 Å². The van der Waals surface area contributed by atoms with Crippen LogP contribution in [0.15, 0.2) is 35.9 Å². The lowest BCUT2D eigenvalue weighted by Crippen LogP contribution is -2.33. The van der Waals surface area contributed by atoms with Gasteiger partial charge in [-0.15, -0.1) is 0 Å². The lowest BCUT2D eigenvalue weighted by Gasteiger charge is -2.26. The van der Waals surface area contributed by atoms with E-state index in [0.29, 0.717) is 17.9 Å². The number of rotatable bonds is 10. The van der Waals surface area contributed by atoms with Gasteiger partial charge in [0.1, 0.15) is 16.5 Å². The predicted octanol–water partition coefficient (Wildman–Crippen LogP) is 5.26. The fraction of sp³-hybridized carbons (Fsp3) is 0.385. The van der Waals surface area contributed by atoms with E-state index in [2.05, 4.69) is 0 Å². The number of carbonyl (C=O) groups is 2. The fourth-order valence-electron chi connectivity index (χ4n) is 4.08. The first-order valence-electron chi connectivity index (χ1n) is 11.4. The minimum absolute atomic E-state index is 0.0171. The summed E-state index contributed by atoms with van der Waals surface area (Å²) in [6.45, 7) is 6.37. The van der Waals surface area contributed by atoms with E-state index >= 15 is 0 Å². The first-order valence-corrected chi connectivity index (χ1v) is 12.1. The van der Waals surface area contributed by atoms with E-state index in [-0.39, 0.29) is 51.9 Å². The first-order chi connectivity index (χ1) is 17.2. The highest BCUT2D eigenvalue weighted by atomic mass is 35.5. The van der Waals surface area contributed by atoms with Gasteiger partial charge < -0.3 is 29.0 Å². The number of ketones is 1. The number of nitrogens with zero attached hydrogens (tertiary/aromatic N) is 1. The van der Waals surface area contributed by atoms with Crippen LogP contribution < -0.4 is 14.2 Å². The van der Waals surface area contributed by atoms with E-state index in [0.717, 1.165) is 0 Å². The van der Waals surface area contributed by atoms with E-state index in [9.17, 15) is 14.7 Å². The minimum Gasteiger partial charge on any atom is -0.507 e. The van der Waals surface area contributed by atoms with Crippen molar-refractivity contribution in [3.05, 3.63) is 57.1 Å². The van der Waals surface area contributed by atoms with Crippen molar-refractivity contribution in [3.8, 4) is 17.2 Å². The predicted molar refractivity (Wildman–Crippen MR) is 137 cm³/mol. The Bertz CT molecular complexity index is 1180. The van der Waals surface area contributed by atoms with Gasteiger partial charge in [-0.1, -0.05) is 35.3 Å². The largest absolute Gasteiger partial charge is 0.507 e. The molecule has 0 bridgehead atoms. The van der Waals surface area contributed by atoms with Gasteiger partial charge in [-0.05, 0) is 44.5 Å². The van der Waals surface area contributed by atoms with Gasteiger partial charge >= 0.3 is 0 Å². The fourth-order valence-corrected chi connectivity index (χ4v) is 4.76. The van der Waals surface area contributed by atoms with Crippen molar-refractivity contribution in [2.45, 2.75) is 32.9 Å². The lowest BCUT2D eigenvalue weighted by molar-refractivity contribution is -0.140. The first kappa shape index (κ1) is 27.6. The zero-order valence-electron chi connectivity index (χ0n) is 20.8. The molecule has 0 aliphatic carbocycles. The maximum Gasteiger partial charge on any atom is 0.295 e. The van der Waals surface area contributed by atoms with Crippen molar-refractivity contribution >= 4 is 40.7 Å². The number of hydrogen-bond acceptors (Lipinski definition) is 7. The molecule has 1 aliphatic rings. The van der Waals surface area contributed by atoms with Gasteiger partial charge in [-0.3, -0.25) is 9.59 Å². The number of likely N-dealkylation sites (tertiary alicyclic amines) is 1. The number of halogens is 2. The molecular weight excluding hydrogens is 509 g/mol. The van der Waals surface area contributed by atoms with Crippen LogP contribution >= 0.6 is 23.2 Å². The zero-order chi connectivity index (χ0) is 26.6. The van der Waals surface area contributed by atoms with E-state index in [1.54, 1.807) is 24.3 Å². The van der Waals surface area contributed by atoms with E-state index < -0.39 is 23.5 Å². The molecular formula is C26H29Cl2NO7. The zero-order valence-corrected chi connectivity index (χ0v) is 22.3. The summed E-state index contributed by atoms with van der Waals surface area (Å²) in [7, 11) is 2.75. The number of ether oxygens (including phenoxy) is 4. The molecule has 1 amide bonds. The van der Waals surface area contributed by atoms with Crippen molar-refractivity contribution in [1.29, 1.82) is 0 Å². The van der Waals surface area contributed by atoms with Crippen LogP contribution in [0.25, 0.3) is 5.76 Å². The summed E-state index contributed by atoms with van der Waals surface area (Å²) in [6.07, 6.45) is -0.0607. The highest BCUT2D eigenvalue weighted by Crippen LogP contribution is 2.47. The summed E-state index contributed by atoms with van der Waals surface area (Å²) >= 11 is 12.7. The van der Waals surface area contributed by atoms with Crippen LogP contribution in [-0.4, -0.2) is 61.8 Å². The molecule has 1 fully saturated rings. The molecule has 8 nitrogen and oxygen atoms in total. The molecule has 1 unspecified atom stereocenters. The SMILES string of the molecule is CCOc1cccc(C2/C(=C(\O)c3cc(Cl)c(OC)c(Cl)c3OC)C(=O)C(=O)N2CCOC(C)C)c1. The van der Waals surface area contributed by atoms with Gasteiger partial charge in [-0.25, -0.2) is 0 Å². The Labute approximate surface area is 220 Å². The van der Waals surface area contributed by atoms with Crippen molar-refractivity contribution in [3.63, 3.8) is 0 Å². The Kier molecular flexibility index (Phi) is 9.11. The summed E-state index contributed by atoms with van der Waals surface area (Å²) in [4.78, 5) is 27.8. The molecule has 194 valence electrons. The van der Waals surface area contributed by atoms with Gasteiger partial charge in [0.15, 0.2) is 11.5 Å². The molecule has 10 heteroatoms. The second kappa shape index (κ2) is 11.9. The van der Waals surface area contributed by atoms with Crippen LogP contribution in [0.4, 0.5) is 0 Å². The molecule has 1 heterocycles. The Hall–Kier alpha value is -2.94. The number of amides is 1. The second-order valence-electron chi connectivity index (χ2n) is 8.20. The van der Waals surface area contributed by atoms with E-state index in [4.69, 9.17) is 42.1 Å². The van der Waals surface area contributed by atoms with Crippen LogP contribution in [0.1, 0.15) is 37.9 Å². The van der Waals surface area contributed by atoms with Crippen LogP contribution in [0.5, 0.6) is 17.2 Å². The summed E-state index contributed by atoms with van der Waals surface area (Å²) < 4.78 is 21.9. The monoisotopic (exact) mass is 537 g/mol. The van der Waals surface area contributed by atoms with E-state index in [1.807, 2.05) is 20.8 Å². The Morgan fingerprint density at radius 2 is 1.81 bits per heavy atom. The summed E-state index contributed by atoms with van der Waals surface area (Å²) in [5, 5.41) is 11.6. The molecule has 1 aliphatic heterocycles. The number of aliphatic hydroxyl groups is 1. The van der Waals surface area contributed by atoms with Gasteiger partial charge in [-0.2, -0.15) is 0 Å². The number of hydrogen-bond donors (Lipinski definition) is 1. The van der Waals surface area contributed by atoms with Crippen molar-refractivity contribution < 1.29 is 33.6 Å². The Morgan fingerprint density at radius 3 is 2.42 bits per heavy atom. The molecule has 0 saturated carbocycles. The molecule has 1 atom stereocenters. The third-order valence-electron chi connectivity index (χ3n) is 5.60. The Balaban J connectivity index is 2.23. The lowest BCUT2D eigenvalue weighted by atomic mass is 9.94. The molecule has 2 aromatic rings. The molecule has 3 rings (SSSR count). The molecule has 1 N–H and O–H groups in total. The summed E-state index contributed by atoms with van der Waals surface area (Å²) in [6, 6.07) is 7.48. The molecule has 0 radical (unpaired) electrons. The third kappa shape index (κ3) is 5.40. The number of aliphatic hydroxyl groups excluding tert-OH is 1. The minimum atomic E-state index is -0.912. The van der Waals surface area contributed by atoms with Gasteiger partial charge in [0.2, 0.25) is 0 Å². The van der Waals surface area contributed by atoms with Crippen molar-refractivity contribution in [2.24, 2.45) is 0 Å². The number of carbonyl (C=O) groups excluding carboxylic acids is 2. The van der Waals surface area contributed by atoms with Crippen LogP contribution in [0.2, 0.25) is 10.0 Å². The topological polar surface area (TPSA) is 94.5 Å². The van der Waals surface area contributed by atoms with Gasteiger partial charge in [0, 0.05) is 6.54 Å². The van der Waals surface area contributed by atoms with Crippen molar-refractivity contribution in [1.82, 2.24) is 4.90 Å². The molecule has 0 aromatic heterocycles. The standard InChI is InChI=1S/C26H29Cl2NO7/c1-6-35-16-9-7-8-15(12-16)21-19(23(31)26(32)29(21)10-11-36-14(2)3)22(30)17-13-18(27)25(34-5)20(28)24(17)33-4/h7-9,12-14,21,30H,6,10-11H2,1-5H3/b22-19+. The third-order valence-corrected chi connectivity index (χ3v) is 6.23. The van der Waals surface area contributed by atoms with Crippen LogP contribution in [0.3, 0.4) is 0 Å². The van der Waals surface area contributed by atoms with Crippen LogP contribution in [-0.2, 0) is 14.3 Å². The maximum absolute atomic E-state index is 13.3. The quantitative estimate of drug-likeness (QED) is 0.251. The number of Topliss-reactive ketones (excluding diaryl/α,β-unsaturated/α-hetero) is 1.